The second kappa shape index (κ2) is 6.64. The molecule has 126 valence electrons. The molecule has 3 aromatic rings. The number of hydrogen-bond donors (Lipinski definition) is 1. The second-order valence-corrected chi connectivity index (χ2v) is 5.50. The Labute approximate surface area is 144 Å². The van der Waals surface area contributed by atoms with Gasteiger partial charge >= 0.3 is 0 Å². The lowest BCUT2D eigenvalue weighted by atomic mass is 10.1. The van der Waals surface area contributed by atoms with Crippen LogP contribution in [0.4, 0.5) is 0 Å². The van der Waals surface area contributed by atoms with Gasteiger partial charge in [0.05, 0.1) is 5.56 Å². The number of pyridine rings is 1. The highest BCUT2D eigenvalue weighted by molar-refractivity contribution is 5.97. The number of nitrogens with one attached hydrogen (secondary N) is 1. The topological polar surface area (TPSA) is 78.3 Å². The molecule has 1 aromatic carbocycles. The molecule has 7 heteroatoms. The van der Waals surface area contributed by atoms with Crippen molar-refractivity contribution in [3.05, 3.63) is 66.4 Å². The Bertz CT molecular complexity index is 893. The van der Waals surface area contributed by atoms with E-state index in [0.717, 1.165) is 11.4 Å². The lowest BCUT2D eigenvalue weighted by Gasteiger charge is -2.20. The van der Waals surface area contributed by atoms with E-state index in [1.807, 2.05) is 22.9 Å². The summed E-state index contributed by atoms with van der Waals surface area (Å²) in [5.41, 5.74) is 1.41. The number of para-hydroxylation sites is 1. The zero-order valence-corrected chi connectivity index (χ0v) is 13.4. The molecular formula is C18H16N4O3. The van der Waals surface area contributed by atoms with Crippen LogP contribution >= 0.6 is 0 Å². The van der Waals surface area contributed by atoms with Gasteiger partial charge in [-0.3, -0.25) is 9.36 Å². The molecule has 1 aliphatic heterocycles. The Hall–Kier alpha value is -3.35. The first-order valence-electron chi connectivity index (χ1n) is 7.91. The van der Waals surface area contributed by atoms with E-state index in [2.05, 4.69) is 15.3 Å². The number of nitrogens with zero attached hydrogens (tertiary/aromatic N) is 3. The van der Waals surface area contributed by atoms with E-state index >= 15 is 0 Å². The first-order valence-corrected chi connectivity index (χ1v) is 7.91. The Morgan fingerprint density at radius 1 is 1.20 bits per heavy atom. The minimum atomic E-state index is -0.205. The predicted octanol–water partition coefficient (Wildman–Crippen LogP) is 1.97. The molecule has 1 N–H and O–H groups in total. The van der Waals surface area contributed by atoms with Gasteiger partial charge in [0.1, 0.15) is 25.4 Å². The fourth-order valence-corrected chi connectivity index (χ4v) is 2.64. The second-order valence-electron chi connectivity index (χ2n) is 5.50. The number of imidazole rings is 1. The maximum Gasteiger partial charge on any atom is 0.255 e. The molecule has 0 fully saturated rings. The SMILES string of the molecule is O=C(NCc1ccnc(-n2ccnc2)c1)c1cccc2c1OCCO2. The van der Waals surface area contributed by atoms with Crippen LogP contribution in [0.3, 0.4) is 0 Å². The van der Waals surface area contributed by atoms with Crippen molar-refractivity contribution in [1.82, 2.24) is 19.9 Å². The van der Waals surface area contributed by atoms with E-state index in [0.29, 0.717) is 36.8 Å². The van der Waals surface area contributed by atoms with Gasteiger partial charge in [0.2, 0.25) is 0 Å². The summed E-state index contributed by atoms with van der Waals surface area (Å²) < 4.78 is 12.9. The zero-order chi connectivity index (χ0) is 17.1. The molecule has 0 radical (unpaired) electrons. The largest absolute Gasteiger partial charge is 0.486 e. The van der Waals surface area contributed by atoms with Gasteiger partial charge in [0.15, 0.2) is 11.5 Å². The summed E-state index contributed by atoms with van der Waals surface area (Å²) in [5, 5.41) is 2.91. The summed E-state index contributed by atoms with van der Waals surface area (Å²) in [5.74, 6) is 1.65. The summed E-state index contributed by atoms with van der Waals surface area (Å²) in [6.07, 6.45) is 6.89. The van der Waals surface area contributed by atoms with Gasteiger partial charge in [0, 0.05) is 25.1 Å². The maximum absolute atomic E-state index is 12.5. The third kappa shape index (κ3) is 3.16. The summed E-state index contributed by atoms with van der Waals surface area (Å²) in [4.78, 5) is 20.8. The molecule has 4 rings (SSSR count). The van der Waals surface area contributed by atoms with E-state index in [4.69, 9.17) is 9.47 Å². The van der Waals surface area contributed by atoms with Crippen molar-refractivity contribution in [2.45, 2.75) is 6.54 Å². The number of aromatic nitrogens is 3. The molecule has 0 saturated heterocycles. The van der Waals surface area contributed by atoms with Crippen LogP contribution in [-0.4, -0.2) is 33.7 Å². The number of fused-ring (bicyclic) bond motifs is 1. The number of carbonyl (C=O) groups excluding carboxylic acids is 1. The van der Waals surface area contributed by atoms with Gasteiger partial charge in [-0.15, -0.1) is 0 Å². The number of amides is 1. The van der Waals surface area contributed by atoms with E-state index in [1.54, 1.807) is 36.9 Å². The first kappa shape index (κ1) is 15.2. The van der Waals surface area contributed by atoms with Crippen molar-refractivity contribution in [3.63, 3.8) is 0 Å². The molecule has 1 aliphatic rings. The summed E-state index contributed by atoms with van der Waals surface area (Å²) >= 11 is 0. The highest BCUT2D eigenvalue weighted by Crippen LogP contribution is 2.33. The van der Waals surface area contributed by atoms with Gasteiger partial charge in [-0.2, -0.15) is 0 Å². The molecule has 3 heterocycles. The average Bonchev–Trinajstić information content (AvgIpc) is 3.21. The minimum absolute atomic E-state index is 0.205. The molecule has 1 amide bonds. The predicted molar refractivity (Wildman–Crippen MR) is 90.0 cm³/mol. The molecule has 2 aromatic heterocycles. The quantitative estimate of drug-likeness (QED) is 0.788. The number of hydrogen-bond acceptors (Lipinski definition) is 5. The smallest absolute Gasteiger partial charge is 0.255 e. The van der Waals surface area contributed by atoms with Crippen LogP contribution in [0.25, 0.3) is 5.82 Å². The van der Waals surface area contributed by atoms with Gasteiger partial charge < -0.3 is 14.8 Å². The summed E-state index contributed by atoms with van der Waals surface area (Å²) in [6.45, 7) is 1.32. The van der Waals surface area contributed by atoms with Crippen molar-refractivity contribution in [3.8, 4) is 17.3 Å². The van der Waals surface area contributed by atoms with Crippen molar-refractivity contribution >= 4 is 5.91 Å². The summed E-state index contributed by atoms with van der Waals surface area (Å²) in [7, 11) is 0. The number of benzene rings is 1. The van der Waals surface area contributed by atoms with Crippen LogP contribution < -0.4 is 14.8 Å². The minimum Gasteiger partial charge on any atom is -0.486 e. The Morgan fingerprint density at radius 2 is 2.12 bits per heavy atom. The van der Waals surface area contributed by atoms with Crippen molar-refractivity contribution in [1.29, 1.82) is 0 Å². The fourth-order valence-electron chi connectivity index (χ4n) is 2.64. The van der Waals surface area contributed by atoms with E-state index in [1.165, 1.54) is 0 Å². The van der Waals surface area contributed by atoms with E-state index < -0.39 is 0 Å². The average molecular weight is 336 g/mol. The molecule has 0 bridgehead atoms. The Kier molecular flexibility index (Phi) is 4.04. The van der Waals surface area contributed by atoms with Crippen LogP contribution in [-0.2, 0) is 6.54 Å². The Balaban J connectivity index is 1.49. The van der Waals surface area contributed by atoms with E-state index in [9.17, 15) is 4.79 Å². The van der Waals surface area contributed by atoms with Crippen molar-refractivity contribution in [2.24, 2.45) is 0 Å². The fraction of sp³-hybridized carbons (Fsp3) is 0.167. The number of ether oxygens (including phenoxy) is 2. The molecule has 7 nitrogen and oxygen atoms in total. The van der Waals surface area contributed by atoms with Crippen LogP contribution in [0.5, 0.6) is 11.5 Å². The molecule has 0 saturated carbocycles. The lowest BCUT2D eigenvalue weighted by molar-refractivity contribution is 0.0939. The molecule has 0 aliphatic carbocycles. The monoisotopic (exact) mass is 336 g/mol. The van der Waals surface area contributed by atoms with Gasteiger partial charge in [-0.25, -0.2) is 9.97 Å². The standard InChI is InChI=1S/C18H16N4O3/c23-18(14-2-1-3-15-17(14)25-9-8-24-15)21-11-13-4-5-20-16(10-13)22-7-6-19-12-22/h1-7,10,12H,8-9,11H2,(H,21,23). The Morgan fingerprint density at radius 3 is 3.00 bits per heavy atom. The zero-order valence-electron chi connectivity index (χ0n) is 13.4. The van der Waals surface area contributed by atoms with Crippen molar-refractivity contribution < 1.29 is 14.3 Å². The van der Waals surface area contributed by atoms with Gasteiger partial charge in [-0.1, -0.05) is 6.07 Å². The molecule has 25 heavy (non-hydrogen) atoms. The van der Waals surface area contributed by atoms with Crippen molar-refractivity contribution in [2.75, 3.05) is 13.2 Å². The normalized spacial score (nSPS) is 12.6. The highest BCUT2D eigenvalue weighted by Gasteiger charge is 2.20. The first-order chi connectivity index (χ1) is 12.3. The van der Waals surface area contributed by atoms with Crippen LogP contribution in [0.2, 0.25) is 0 Å². The number of carbonyl (C=O) groups is 1. The molecule has 0 atom stereocenters. The van der Waals surface area contributed by atoms with Gasteiger partial charge in [-0.05, 0) is 29.8 Å². The van der Waals surface area contributed by atoms with E-state index in [-0.39, 0.29) is 5.91 Å². The molecular weight excluding hydrogens is 320 g/mol. The molecule has 0 unspecified atom stereocenters. The third-order valence-corrected chi connectivity index (χ3v) is 3.84. The lowest BCUT2D eigenvalue weighted by Crippen LogP contribution is -2.25. The highest BCUT2D eigenvalue weighted by atomic mass is 16.6. The summed E-state index contributed by atoms with van der Waals surface area (Å²) in [6, 6.07) is 9.08. The maximum atomic E-state index is 12.5. The van der Waals surface area contributed by atoms with Crippen LogP contribution in [0.15, 0.2) is 55.2 Å². The third-order valence-electron chi connectivity index (χ3n) is 3.84. The van der Waals surface area contributed by atoms with Crippen LogP contribution in [0, 0.1) is 0 Å². The van der Waals surface area contributed by atoms with Crippen LogP contribution in [0.1, 0.15) is 15.9 Å². The number of rotatable bonds is 4. The molecule has 0 spiro atoms. The van der Waals surface area contributed by atoms with Gasteiger partial charge in [0.25, 0.3) is 5.91 Å².